The normalized spacial score (nSPS) is 26.4. The topological polar surface area (TPSA) is 29.1 Å². The maximum atomic E-state index is 11.9. The average Bonchev–Trinajstić information content (AvgIpc) is 2.50. The molecule has 4 unspecified atom stereocenters. The zero-order valence-electron chi connectivity index (χ0n) is 13.8. The van der Waals surface area contributed by atoms with Crippen LogP contribution in [0.4, 0.5) is 0 Å². The Morgan fingerprint density at radius 3 is 2.65 bits per heavy atom. The van der Waals surface area contributed by atoms with Gasteiger partial charge in [0, 0.05) is 27.8 Å². The summed E-state index contributed by atoms with van der Waals surface area (Å²) in [6, 6.07) is 0.618. The monoisotopic (exact) mass is 301 g/mol. The lowest BCUT2D eigenvalue weighted by Crippen LogP contribution is -2.38. The zero-order chi connectivity index (χ0) is 14.8. The third-order valence-electron chi connectivity index (χ3n) is 4.81. The fourth-order valence-electron chi connectivity index (χ4n) is 3.34. The number of nitrogens with one attached hydrogen (secondary N) is 1. The molecule has 0 aromatic rings. The third kappa shape index (κ3) is 6.71. The van der Waals surface area contributed by atoms with Crippen molar-refractivity contribution < 1.29 is 4.21 Å². The predicted octanol–water partition coefficient (Wildman–Crippen LogP) is 4.26. The Kier molecular flexibility index (Phi) is 9.79. The Hall–Kier alpha value is 0.110. The maximum absolute atomic E-state index is 11.9. The van der Waals surface area contributed by atoms with E-state index < -0.39 is 10.8 Å². The molecule has 0 heterocycles. The second-order valence-electron chi connectivity index (χ2n) is 6.31. The van der Waals surface area contributed by atoms with Gasteiger partial charge in [-0.2, -0.15) is 0 Å². The van der Waals surface area contributed by atoms with E-state index in [9.17, 15) is 4.21 Å². The Morgan fingerprint density at radius 1 is 1.20 bits per heavy atom. The van der Waals surface area contributed by atoms with E-state index in [0.29, 0.717) is 11.3 Å². The summed E-state index contributed by atoms with van der Waals surface area (Å²) in [7, 11) is -0.594. The molecule has 1 aliphatic carbocycles. The van der Waals surface area contributed by atoms with Crippen LogP contribution in [0.2, 0.25) is 0 Å². The van der Waals surface area contributed by atoms with E-state index in [0.717, 1.165) is 24.6 Å². The van der Waals surface area contributed by atoms with Crippen LogP contribution in [-0.4, -0.2) is 27.8 Å². The van der Waals surface area contributed by atoms with Crippen molar-refractivity contribution in [2.45, 2.75) is 89.9 Å². The Morgan fingerprint density at radius 2 is 2.00 bits per heavy atom. The van der Waals surface area contributed by atoms with Gasteiger partial charge in [0.25, 0.3) is 0 Å². The highest BCUT2D eigenvalue weighted by molar-refractivity contribution is 7.85. The number of rotatable bonds is 10. The maximum Gasteiger partial charge on any atom is 0.0362 e. The largest absolute Gasteiger partial charge is 0.314 e. The molecule has 0 aromatic heterocycles. The van der Waals surface area contributed by atoms with E-state index in [1.165, 1.54) is 51.4 Å². The molecular weight excluding hydrogens is 266 g/mol. The molecule has 0 aromatic carbocycles. The highest BCUT2D eigenvalue weighted by atomic mass is 32.2. The van der Waals surface area contributed by atoms with Gasteiger partial charge in [-0.3, -0.25) is 4.21 Å². The first kappa shape index (κ1) is 18.2. The molecule has 0 radical (unpaired) electrons. The summed E-state index contributed by atoms with van der Waals surface area (Å²) in [5.41, 5.74) is 0. The molecule has 0 bridgehead atoms. The molecule has 3 heteroatoms. The molecule has 120 valence electrons. The summed E-state index contributed by atoms with van der Waals surface area (Å²) < 4.78 is 11.9. The summed E-state index contributed by atoms with van der Waals surface area (Å²) in [6.07, 6.45) is 11.5. The molecule has 1 rings (SSSR count). The van der Waals surface area contributed by atoms with Crippen LogP contribution in [0.3, 0.4) is 0 Å². The summed E-state index contributed by atoms with van der Waals surface area (Å²) in [5, 5.41) is 4.19. The highest BCUT2D eigenvalue weighted by Gasteiger charge is 2.25. The minimum Gasteiger partial charge on any atom is -0.314 e. The lowest BCUT2D eigenvalue weighted by Gasteiger charge is -2.29. The van der Waals surface area contributed by atoms with Gasteiger partial charge in [-0.05, 0) is 38.1 Å². The standard InChI is InChI=1S/C17H35NOS/c1-4-7-9-15(5-2)12-13-18-16-10-8-11-17(14-16)20(19)6-3/h15-18H,4-14H2,1-3H3. The first-order valence-corrected chi connectivity index (χ1v) is 10.2. The minimum atomic E-state index is -0.594. The molecule has 0 amide bonds. The lowest BCUT2D eigenvalue weighted by atomic mass is 9.93. The van der Waals surface area contributed by atoms with Gasteiger partial charge in [0.05, 0.1) is 0 Å². The Labute approximate surface area is 128 Å². The van der Waals surface area contributed by atoms with Gasteiger partial charge in [0.15, 0.2) is 0 Å². The van der Waals surface area contributed by atoms with Crippen LogP contribution in [0.1, 0.15) is 78.6 Å². The fourth-order valence-corrected chi connectivity index (χ4v) is 4.69. The molecule has 2 nitrogen and oxygen atoms in total. The average molecular weight is 302 g/mol. The van der Waals surface area contributed by atoms with Crippen molar-refractivity contribution in [3.8, 4) is 0 Å². The van der Waals surface area contributed by atoms with Crippen LogP contribution < -0.4 is 5.32 Å². The smallest absolute Gasteiger partial charge is 0.0362 e. The second kappa shape index (κ2) is 10.8. The molecule has 0 saturated heterocycles. The zero-order valence-corrected chi connectivity index (χ0v) is 14.6. The highest BCUT2D eigenvalue weighted by Crippen LogP contribution is 2.23. The molecule has 20 heavy (non-hydrogen) atoms. The predicted molar refractivity (Wildman–Crippen MR) is 90.7 cm³/mol. The van der Waals surface area contributed by atoms with E-state index >= 15 is 0 Å². The molecule has 1 aliphatic rings. The Bertz CT molecular complexity index is 270. The van der Waals surface area contributed by atoms with Gasteiger partial charge in [-0.15, -0.1) is 0 Å². The second-order valence-corrected chi connectivity index (χ2v) is 8.32. The van der Waals surface area contributed by atoms with E-state index in [4.69, 9.17) is 0 Å². The first-order valence-electron chi connectivity index (χ1n) is 8.81. The molecule has 1 fully saturated rings. The summed E-state index contributed by atoms with van der Waals surface area (Å²) in [5.74, 6) is 1.72. The lowest BCUT2D eigenvalue weighted by molar-refractivity contribution is 0.347. The van der Waals surface area contributed by atoms with Gasteiger partial charge in [-0.25, -0.2) is 0 Å². The molecule has 0 aliphatic heterocycles. The third-order valence-corrected chi connectivity index (χ3v) is 6.55. The first-order chi connectivity index (χ1) is 9.71. The van der Waals surface area contributed by atoms with Crippen LogP contribution in [0.5, 0.6) is 0 Å². The number of unbranched alkanes of at least 4 members (excludes halogenated alkanes) is 1. The SMILES string of the molecule is CCCCC(CC)CCNC1CCCC(S(=O)CC)C1. The Balaban J connectivity index is 2.21. The van der Waals surface area contributed by atoms with Crippen molar-refractivity contribution in [3.05, 3.63) is 0 Å². The summed E-state index contributed by atoms with van der Waals surface area (Å²) in [4.78, 5) is 0. The van der Waals surface area contributed by atoms with Crippen LogP contribution in [-0.2, 0) is 10.8 Å². The van der Waals surface area contributed by atoms with Crippen molar-refractivity contribution in [2.24, 2.45) is 5.92 Å². The van der Waals surface area contributed by atoms with E-state index in [-0.39, 0.29) is 0 Å². The van der Waals surface area contributed by atoms with E-state index in [2.05, 4.69) is 19.2 Å². The van der Waals surface area contributed by atoms with Crippen molar-refractivity contribution >= 4 is 10.8 Å². The molecule has 1 saturated carbocycles. The number of hydrogen-bond acceptors (Lipinski definition) is 2. The van der Waals surface area contributed by atoms with Gasteiger partial charge >= 0.3 is 0 Å². The van der Waals surface area contributed by atoms with Crippen molar-refractivity contribution in [2.75, 3.05) is 12.3 Å². The molecule has 4 atom stereocenters. The fraction of sp³-hybridized carbons (Fsp3) is 1.00. The molecular formula is C17H35NOS. The van der Waals surface area contributed by atoms with E-state index in [1.54, 1.807) is 0 Å². The number of hydrogen-bond donors (Lipinski definition) is 1. The van der Waals surface area contributed by atoms with Gasteiger partial charge < -0.3 is 5.32 Å². The summed E-state index contributed by atoms with van der Waals surface area (Å²) in [6.45, 7) is 7.80. The molecule has 1 N–H and O–H groups in total. The van der Waals surface area contributed by atoms with Crippen molar-refractivity contribution in [3.63, 3.8) is 0 Å². The van der Waals surface area contributed by atoms with Gasteiger partial charge in [-0.1, -0.05) is 52.9 Å². The van der Waals surface area contributed by atoms with Crippen LogP contribution >= 0.6 is 0 Å². The van der Waals surface area contributed by atoms with Crippen molar-refractivity contribution in [1.29, 1.82) is 0 Å². The van der Waals surface area contributed by atoms with Crippen LogP contribution in [0.15, 0.2) is 0 Å². The van der Waals surface area contributed by atoms with Gasteiger partial charge in [0.2, 0.25) is 0 Å². The van der Waals surface area contributed by atoms with E-state index in [1.807, 2.05) is 6.92 Å². The van der Waals surface area contributed by atoms with Crippen molar-refractivity contribution in [1.82, 2.24) is 5.32 Å². The minimum absolute atomic E-state index is 0.452. The van der Waals surface area contributed by atoms with Crippen LogP contribution in [0.25, 0.3) is 0 Å². The van der Waals surface area contributed by atoms with Crippen LogP contribution in [0, 0.1) is 5.92 Å². The molecule has 0 spiro atoms. The quantitative estimate of drug-likeness (QED) is 0.653. The summed E-state index contributed by atoms with van der Waals surface area (Å²) >= 11 is 0. The van der Waals surface area contributed by atoms with Gasteiger partial charge in [0.1, 0.15) is 0 Å².